The number of ether oxygens (including phenoxy) is 2. The summed E-state index contributed by atoms with van der Waals surface area (Å²) in [5.41, 5.74) is 2.32. The third-order valence-corrected chi connectivity index (χ3v) is 2.71. The van der Waals surface area contributed by atoms with Crippen molar-refractivity contribution in [3.63, 3.8) is 0 Å². The van der Waals surface area contributed by atoms with Crippen molar-refractivity contribution in [3.05, 3.63) is 48.1 Å². The molecule has 0 unspecified atom stereocenters. The molecular weight excluding hydrogens is 240 g/mol. The molecule has 0 spiro atoms. The Labute approximate surface area is 114 Å². The van der Waals surface area contributed by atoms with Crippen LogP contribution in [-0.4, -0.2) is 20.2 Å². The molecule has 0 fully saturated rings. The van der Waals surface area contributed by atoms with E-state index in [0.29, 0.717) is 0 Å². The maximum absolute atomic E-state index is 11.0. The van der Waals surface area contributed by atoms with Crippen LogP contribution in [0, 0.1) is 0 Å². The summed E-state index contributed by atoms with van der Waals surface area (Å²) in [6.45, 7) is 2.13. The highest BCUT2D eigenvalue weighted by Crippen LogP contribution is 2.22. The largest absolute Gasteiger partial charge is 0.497 e. The summed E-state index contributed by atoms with van der Waals surface area (Å²) < 4.78 is 9.70. The van der Waals surface area contributed by atoms with Gasteiger partial charge in [0.1, 0.15) is 5.75 Å². The summed E-state index contributed by atoms with van der Waals surface area (Å²) in [6, 6.07) is 7.91. The van der Waals surface area contributed by atoms with Gasteiger partial charge in [0.05, 0.1) is 14.2 Å². The van der Waals surface area contributed by atoms with E-state index in [-0.39, 0.29) is 5.97 Å². The smallest absolute Gasteiger partial charge is 0.330 e. The Morgan fingerprint density at radius 3 is 2.42 bits per heavy atom. The van der Waals surface area contributed by atoms with E-state index in [1.165, 1.54) is 18.8 Å². The summed E-state index contributed by atoms with van der Waals surface area (Å²) in [5.74, 6) is 0.492. The third-order valence-electron chi connectivity index (χ3n) is 2.71. The number of allylic oxidation sites excluding steroid dienone is 3. The molecule has 102 valence electrons. The molecule has 1 aromatic carbocycles. The van der Waals surface area contributed by atoms with E-state index in [1.807, 2.05) is 30.3 Å². The number of hydrogen-bond acceptors (Lipinski definition) is 3. The number of rotatable bonds is 6. The molecule has 1 rings (SSSR count). The average molecular weight is 260 g/mol. The van der Waals surface area contributed by atoms with Crippen LogP contribution in [0.1, 0.15) is 25.3 Å². The van der Waals surface area contributed by atoms with Crippen LogP contribution in [0.2, 0.25) is 0 Å². The monoisotopic (exact) mass is 260 g/mol. The lowest BCUT2D eigenvalue weighted by molar-refractivity contribution is -0.134. The molecule has 0 aromatic heterocycles. The molecule has 19 heavy (non-hydrogen) atoms. The predicted molar refractivity (Wildman–Crippen MR) is 77.0 cm³/mol. The number of methoxy groups -OCH3 is 2. The lowest BCUT2D eigenvalue weighted by Gasteiger charge is -2.07. The molecular formula is C16H20O3. The number of carbonyl (C=O) groups is 1. The molecule has 0 saturated heterocycles. The van der Waals surface area contributed by atoms with E-state index in [0.717, 1.165) is 24.2 Å². The van der Waals surface area contributed by atoms with Crippen molar-refractivity contribution in [2.45, 2.75) is 19.8 Å². The number of esters is 1. The molecule has 0 atom stereocenters. The van der Waals surface area contributed by atoms with E-state index in [1.54, 1.807) is 13.2 Å². The predicted octanol–water partition coefficient (Wildman–Crippen LogP) is 3.61. The third kappa shape index (κ3) is 5.00. The Balaban J connectivity index is 2.89. The van der Waals surface area contributed by atoms with Gasteiger partial charge in [0.2, 0.25) is 0 Å². The van der Waals surface area contributed by atoms with Crippen LogP contribution in [0.5, 0.6) is 5.75 Å². The van der Waals surface area contributed by atoms with Crippen LogP contribution in [-0.2, 0) is 9.53 Å². The van der Waals surface area contributed by atoms with Gasteiger partial charge in [-0.05, 0) is 29.7 Å². The number of benzene rings is 1. The van der Waals surface area contributed by atoms with Crippen molar-refractivity contribution in [3.8, 4) is 5.75 Å². The fourth-order valence-electron chi connectivity index (χ4n) is 1.71. The molecule has 0 radical (unpaired) electrons. The first-order chi connectivity index (χ1) is 9.21. The van der Waals surface area contributed by atoms with Crippen molar-refractivity contribution in [2.75, 3.05) is 14.2 Å². The zero-order valence-corrected chi connectivity index (χ0v) is 11.7. The lowest BCUT2D eigenvalue weighted by atomic mass is 10.0. The molecule has 0 aliphatic heterocycles. The minimum Gasteiger partial charge on any atom is -0.497 e. The first-order valence-electron chi connectivity index (χ1n) is 6.30. The molecule has 1 aromatic rings. The van der Waals surface area contributed by atoms with E-state index >= 15 is 0 Å². The fourth-order valence-corrected chi connectivity index (χ4v) is 1.71. The molecule has 0 aliphatic rings. The van der Waals surface area contributed by atoms with Crippen LogP contribution in [0.3, 0.4) is 0 Å². The minimum absolute atomic E-state index is 0.346. The second-order valence-corrected chi connectivity index (χ2v) is 4.05. The summed E-state index contributed by atoms with van der Waals surface area (Å²) in [5, 5.41) is 0. The molecule has 0 N–H and O–H groups in total. The average Bonchev–Trinajstić information content (AvgIpc) is 2.46. The summed E-state index contributed by atoms with van der Waals surface area (Å²) in [6.07, 6.45) is 7.09. The molecule has 3 heteroatoms. The van der Waals surface area contributed by atoms with Gasteiger partial charge in [-0.1, -0.05) is 37.6 Å². The first kappa shape index (κ1) is 15.0. The second-order valence-electron chi connectivity index (χ2n) is 4.05. The van der Waals surface area contributed by atoms with Crippen molar-refractivity contribution < 1.29 is 14.3 Å². The normalized spacial score (nSPS) is 11.6. The standard InChI is InChI=1S/C16H20O3/c1-4-6-13(7-5-8-16(17)19-3)14-9-11-15(18-2)12-10-14/h5,7-12H,4,6H2,1-3H3. The SMILES string of the molecule is CCCC(=CC=CC(=O)OC)c1ccc(OC)cc1. The Kier molecular flexibility index (Phi) is 6.44. The lowest BCUT2D eigenvalue weighted by Crippen LogP contribution is -1.93. The zero-order chi connectivity index (χ0) is 14.1. The molecule has 3 nitrogen and oxygen atoms in total. The van der Waals surface area contributed by atoms with Gasteiger partial charge < -0.3 is 9.47 Å². The van der Waals surface area contributed by atoms with Crippen molar-refractivity contribution in [1.82, 2.24) is 0 Å². The molecule has 0 aliphatic carbocycles. The van der Waals surface area contributed by atoms with Gasteiger partial charge in [-0.25, -0.2) is 4.79 Å². The highest BCUT2D eigenvalue weighted by Gasteiger charge is 2.00. The Bertz CT molecular complexity index is 455. The molecule has 0 heterocycles. The van der Waals surface area contributed by atoms with Crippen molar-refractivity contribution in [2.24, 2.45) is 0 Å². The highest BCUT2D eigenvalue weighted by molar-refractivity contribution is 5.82. The van der Waals surface area contributed by atoms with E-state index in [9.17, 15) is 4.79 Å². The van der Waals surface area contributed by atoms with Gasteiger partial charge in [-0.15, -0.1) is 0 Å². The molecule has 0 amide bonds. The van der Waals surface area contributed by atoms with E-state index < -0.39 is 0 Å². The second kappa shape index (κ2) is 8.14. The Hall–Kier alpha value is -2.03. The first-order valence-corrected chi connectivity index (χ1v) is 6.30. The quantitative estimate of drug-likeness (QED) is 0.445. The summed E-state index contributed by atoms with van der Waals surface area (Å²) >= 11 is 0. The molecule has 0 saturated carbocycles. The number of carbonyl (C=O) groups excluding carboxylic acids is 1. The zero-order valence-electron chi connectivity index (χ0n) is 11.7. The maximum Gasteiger partial charge on any atom is 0.330 e. The van der Waals surface area contributed by atoms with Crippen LogP contribution in [0.4, 0.5) is 0 Å². The van der Waals surface area contributed by atoms with Crippen molar-refractivity contribution >= 4 is 11.5 Å². The van der Waals surface area contributed by atoms with Crippen LogP contribution in [0.15, 0.2) is 42.5 Å². The summed E-state index contributed by atoms with van der Waals surface area (Å²) in [7, 11) is 3.02. The molecule has 0 bridgehead atoms. The van der Waals surface area contributed by atoms with Crippen LogP contribution < -0.4 is 4.74 Å². The van der Waals surface area contributed by atoms with Gasteiger partial charge in [-0.3, -0.25) is 0 Å². The van der Waals surface area contributed by atoms with Gasteiger partial charge in [0, 0.05) is 6.08 Å². The summed E-state index contributed by atoms with van der Waals surface area (Å²) in [4.78, 5) is 11.0. The van der Waals surface area contributed by atoms with Crippen LogP contribution >= 0.6 is 0 Å². The van der Waals surface area contributed by atoms with Gasteiger partial charge in [0.25, 0.3) is 0 Å². The Morgan fingerprint density at radius 2 is 1.89 bits per heavy atom. The van der Waals surface area contributed by atoms with Gasteiger partial charge in [0.15, 0.2) is 0 Å². The van der Waals surface area contributed by atoms with E-state index in [4.69, 9.17) is 4.74 Å². The maximum atomic E-state index is 11.0. The van der Waals surface area contributed by atoms with Crippen molar-refractivity contribution in [1.29, 1.82) is 0 Å². The van der Waals surface area contributed by atoms with E-state index in [2.05, 4.69) is 11.7 Å². The van der Waals surface area contributed by atoms with Gasteiger partial charge in [-0.2, -0.15) is 0 Å². The highest BCUT2D eigenvalue weighted by atomic mass is 16.5. The van der Waals surface area contributed by atoms with Gasteiger partial charge >= 0.3 is 5.97 Å². The van der Waals surface area contributed by atoms with Crippen LogP contribution in [0.25, 0.3) is 5.57 Å². The minimum atomic E-state index is -0.346. The topological polar surface area (TPSA) is 35.5 Å². The number of hydrogen-bond donors (Lipinski definition) is 0. The fraction of sp³-hybridized carbons (Fsp3) is 0.312. The Morgan fingerprint density at radius 1 is 1.21 bits per heavy atom.